The standard InChI is InChI=1S/C19H15BrClN3O2/c20-14-11-23-24(12-14)10-9-22-19(26)17-4-2-1-3-16(17)18(25)13-5-7-15(21)8-6-13/h1-8,11-12H,9-10H2,(H,22,26). The van der Waals surface area contributed by atoms with Gasteiger partial charge in [-0.1, -0.05) is 29.8 Å². The molecule has 132 valence electrons. The van der Waals surface area contributed by atoms with E-state index >= 15 is 0 Å². The van der Waals surface area contributed by atoms with Crippen molar-refractivity contribution in [3.8, 4) is 0 Å². The maximum absolute atomic E-state index is 12.7. The van der Waals surface area contributed by atoms with Crippen LogP contribution in [0.15, 0.2) is 65.4 Å². The molecule has 1 amide bonds. The first-order valence-electron chi connectivity index (χ1n) is 7.90. The fourth-order valence-corrected chi connectivity index (χ4v) is 2.93. The van der Waals surface area contributed by atoms with E-state index in [-0.39, 0.29) is 11.7 Å². The molecule has 0 aliphatic rings. The highest BCUT2D eigenvalue weighted by Gasteiger charge is 2.17. The van der Waals surface area contributed by atoms with Crippen LogP contribution in [0.25, 0.3) is 0 Å². The van der Waals surface area contributed by atoms with Gasteiger partial charge in [0.05, 0.1) is 22.8 Å². The van der Waals surface area contributed by atoms with Crippen molar-refractivity contribution in [2.24, 2.45) is 0 Å². The summed E-state index contributed by atoms with van der Waals surface area (Å²) in [5.74, 6) is -0.516. The van der Waals surface area contributed by atoms with Crippen LogP contribution in [-0.4, -0.2) is 28.0 Å². The van der Waals surface area contributed by atoms with Crippen molar-refractivity contribution in [1.82, 2.24) is 15.1 Å². The van der Waals surface area contributed by atoms with Crippen LogP contribution in [0.2, 0.25) is 5.02 Å². The molecule has 5 nitrogen and oxygen atoms in total. The molecule has 0 fully saturated rings. The van der Waals surface area contributed by atoms with E-state index in [0.29, 0.717) is 34.8 Å². The molecule has 3 rings (SSSR count). The number of nitrogens with zero attached hydrogens (tertiary/aromatic N) is 2. The van der Waals surface area contributed by atoms with Gasteiger partial charge >= 0.3 is 0 Å². The molecule has 0 saturated carbocycles. The largest absolute Gasteiger partial charge is 0.350 e. The Morgan fingerprint density at radius 2 is 1.77 bits per heavy atom. The second-order valence-electron chi connectivity index (χ2n) is 5.56. The Morgan fingerprint density at radius 1 is 1.08 bits per heavy atom. The van der Waals surface area contributed by atoms with Crippen LogP contribution in [-0.2, 0) is 6.54 Å². The lowest BCUT2D eigenvalue weighted by atomic mass is 9.98. The number of halogens is 2. The summed E-state index contributed by atoms with van der Waals surface area (Å²) in [7, 11) is 0. The van der Waals surface area contributed by atoms with Gasteiger partial charge in [0, 0.05) is 28.9 Å². The van der Waals surface area contributed by atoms with Gasteiger partial charge in [0.15, 0.2) is 5.78 Å². The van der Waals surface area contributed by atoms with Crippen LogP contribution < -0.4 is 5.32 Å². The molecule has 7 heteroatoms. The Labute approximate surface area is 164 Å². The van der Waals surface area contributed by atoms with E-state index in [9.17, 15) is 9.59 Å². The normalized spacial score (nSPS) is 10.5. The number of benzene rings is 2. The molecule has 0 radical (unpaired) electrons. The predicted octanol–water partition coefficient (Wildman–Crippen LogP) is 3.96. The zero-order valence-electron chi connectivity index (χ0n) is 13.7. The van der Waals surface area contributed by atoms with Gasteiger partial charge in [-0.25, -0.2) is 0 Å². The Kier molecular flexibility index (Phi) is 5.85. The van der Waals surface area contributed by atoms with E-state index in [1.165, 1.54) is 0 Å². The van der Waals surface area contributed by atoms with Crippen molar-refractivity contribution in [2.75, 3.05) is 6.54 Å². The van der Waals surface area contributed by atoms with Crippen LogP contribution in [0.5, 0.6) is 0 Å². The minimum absolute atomic E-state index is 0.219. The molecule has 0 aliphatic carbocycles. The topological polar surface area (TPSA) is 64.0 Å². The number of carbonyl (C=O) groups excluding carboxylic acids is 2. The van der Waals surface area contributed by atoms with Crippen LogP contribution in [0.4, 0.5) is 0 Å². The van der Waals surface area contributed by atoms with E-state index in [1.807, 2.05) is 6.20 Å². The molecule has 0 unspecified atom stereocenters. The first kappa shape index (κ1) is 18.4. The third-order valence-corrected chi connectivity index (χ3v) is 4.41. The molecule has 0 saturated heterocycles. The first-order chi connectivity index (χ1) is 12.5. The zero-order chi connectivity index (χ0) is 18.5. The molecule has 0 bridgehead atoms. The van der Waals surface area contributed by atoms with Gasteiger partial charge in [0.2, 0.25) is 0 Å². The van der Waals surface area contributed by atoms with Gasteiger partial charge in [-0.3, -0.25) is 14.3 Å². The Bertz CT molecular complexity index is 938. The molecule has 0 atom stereocenters. The van der Waals surface area contributed by atoms with Crippen molar-refractivity contribution >= 4 is 39.2 Å². The molecule has 3 aromatic rings. The average molecular weight is 433 g/mol. The van der Waals surface area contributed by atoms with Gasteiger partial charge in [-0.05, 0) is 46.3 Å². The summed E-state index contributed by atoms with van der Waals surface area (Å²) in [6, 6.07) is 13.4. The van der Waals surface area contributed by atoms with Crippen LogP contribution in [0.3, 0.4) is 0 Å². The van der Waals surface area contributed by atoms with E-state index < -0.39 is 0 Å². The Hall–Kier alpha value is -2.44. The summed E-state index contributed by atoms with van der Waals surface area (Å²) in [6.07, 6.45) is 3.51. The molecule has 0 spiro atoms. The summed E-state index contributed by atoms with van der Waals surface area (Å²) in [6.45, 7) is 0.932. The number of hydrogen-bond acceptors (Lipinski definition) is 3. The van der Waals surface area contributed by atoms with Crippen LogP contribution in [0, 0.1) is 0 Å². The zero-order valence-corrected chi connectivity index (χ0v) is 16.0. The first-order valence-corrected chi connectivity index (χ1v) is 9.07. The minimum atomic E-state index is -0.297. The van der Waals surface area contributed by atoms with E-state index in [1.54, 1.807) is 59.4 Å². The molecule has 1 heterocycles. The summed E-state index contributed by atoms with van der Waals surface area (Å²) >= 11 is 9.19. The molecule has 0 aliphatic heterocycles. The summed E-state index contributed by atoms with van der Waals surface area (Å²) in [5.41, 5.74) is 1.18. The Balaban J connectivity index is 1.72. The minimum Gasteiger partial charge on any atom is -0.350 e. The monoisotopic (exact) mass is 431 g/mol. The van der Waals surface area contributed by atoms with E-state index in [4.69, 9.17) is 11.6 Å². The Morgan fingerprint density at radius 3 is 2.42 bits per heavy atom. The molecule has 2 aromatic carbocycles. The van der Waals surface area contributed by atoms with Crippen molar-refractivity contribution < 1.29 is 9.59 Å². The number of hydrogen-bond donors (Lipinski definition) is 1. The van der Waals surface area contributed by atoms with E-state index in [2.05, 4.69) is 26.3 Å². The van der Waals surface area contributed by atoms with Gasteiger partial charge in [0.1, 0.15) is 0 Å². The fraction of sp³-hybridized carbons (Fsp3) is 0.105. The van der Waals surface area contributed by atoms with Gasteiger partial charge in [-0.15, -0.1) is 0 Å². The summed E-state index contributed by atoms with van der Waals surface area (Å²) in [5, 5.41) is 7.51. The van der Waals surface area contributed by atoms with Gasteiger partial charge < -0.3 is 5.32 Å². The maximum atomic E-state index is 12.7. The number of nitrogens with one attached hydrogen (secondary N) is 1. The highest BCUT2D eigenvalue weighted by atomic mass is 79.9. The van der Waals surface area contributed by atoms with Crippen molar-refractivity contribution in [3.05, 3.63) is 87.1 Å². The molecule has 1 aromatic heterocycles. The lowest BCUT2D eigenvalue weighted by Gasteiger charge is -2.10. The van der Waals surface area contributed by atoms with Crippen LogP contribution in [0.1, 0.15) is 26.3 Å². The molecule has 26 heavy (non-hydrogen) atoms. The number of carbonyl (C=O) groups is 2. The fourth-order valence-electron chi connectivity index (χ4n) is 2.48. The number of rotatable bonds is 6. The molecular weight excluding hydrogens is 418 g/mol. The number of ketones is 1. The smallest absolute Gasteiger partial charge is 0.252 e. The molecule has 1 N–H and O–H groups in total. The lowest BCUT2D eigenvalue weighted by Crippen LogP contribution is -2.28. The van der Waals surface area contributed by atoms with Crippen LogP contribution >= 0.6 is 27.5 Å². The highest BCUT2D eigenvalue weighted by Crippen LogP contribution is 2.17. The van der Waals surface area contributed by atoms with Gasteiger partial charge in [0.25, 0.3) is 5.91 Å². The quantitative estimate of drug-likeness (QED) is 0.600. The van der Waals surface area contributed by atoms with Crippen molar-refractivity contribution in [1.29, 1.82) is 0 Å². The van der Waals surface area contributed by atoms with Crippen molar-refractivity contribution in [3.63, 3.8) is 0 Å². The highest BCUT2D eigenvalue weighted by molar-refractivity contribution is 9.10. The van der Waals surface area contributed by atoms with Gasteiger partial charge in [-0.2, -0.15) is 5.10 Å². The second kappa shape index (κ2) is 8.29. The number of amides is 1. The summed E-state index contributed by atoms with van der Waals surface area (Å²) < 4.78 is 2.59. The average Bonchev–Trinajstić information content (AvgIpc) is 3.07. The molecular formula is C19H15BrClN3O2. The second-order valence-corrected chi connectivity index (χ2v) is 6.91. The SMILES string of the molecule is O=C(NCCn1cc(Br)cn1)c1ccccc1C(=O)c1ccc(Cl)cc1. The third kappa shape index (κ3) is 4.39. The maximum Gasteiger partial charge on any atom is 0.252 e. The van der Waals surface area contributed by atoms with Crippen molar-refractivity contribution in [2.45, 2.75) is 6.54 Å². The third-order valence-electron chi connectivity index (χ3n) is 3.75. The summed E-state index contributed by atoms with van der Waals surface area (Å²) in [4.78, 5) is 25.3. The lowest BCUT2D eigenvalue weighted by molar-refractivity contribution is 0.0940. The van der Waals surface area contributed by atoms with E-state index in [0.717, 1.165) is 4.47 Å². The number of aromatic nitrogens is 2. The predicted molar refractivity (Wildman–Crippen MR) is 104 cm³/mol.